The number of halogens is 2. The Morgan fingerprint density at radius 1 is 0.727 bits per heavy atom. The van der Waals surface area contributed by atoms with Gasteiger partial charge in [-0.3, -0.25) is 4.79 Å². The van der Waals surface area contributed by atoms with E-state index in [9.17, 15) is 13.6 Å². The maximum Gasteiger partial charge on any atom is 0.193 e. The third-order valence-corrected chi connectivity index (χ3v) is 3.42. The lowest BCUT2D eigenvalue weighted by molar-refractivity contribution is 0.103. The number of hydrogen-bond acceptors (Lipinski definition) is 1. The molecule has 0 saturated heterocycles. The highest BCUT2D eigenvalue weighted by Crippen LogP contribution is 2.27. The molecule has 0 aliphatic rings. The molecule has 0 aliphatic heterocycles. The normalized spacial score (nSPS) is 10.5. The summed E-state index contributed by atoms with van der Waals surface area (Å²) in [5, 5.41) is 0. The van der Waals surface area contributed by atoms with Crippen molar-refractivity contribution in [3.8, 4) is 11.1 Å². The van der Waals surface area contributed by atoms with Crippen LogP contribution < -0.4 is 0 Å². The van der Waals surface area contributed by atoms with Crippen molar-refractivity contribution >= 4 is 5.78 Å². The fourth-order valence-corrected chi connectivity index (χ4v) is 2.33. The van der Waals surface area contributed by atoms with Gasteiger partial charge in [0.15, 0.2) is 5.78 Å². The molecule has 0 aromatic heterocycles. The molecule has 22 heavy (non-hydrogen) atoms. The van der Waals surface area contributed by atoms with E-state index >= 15 is 0 Å². The van der Waals surface area contributed by atoms with Crippen LogP contribution in [-0.2, 0) is 0 Å². The summed E-state index contributed by atoms with van der Waals surface area (Å²) >= 11 is 0. The Kier molecular flexibility index (Phi) is 3.79. The zero-order valence-corrected chi connectivity index (χ0v) is 11.6. The maximum atomic E-state index is 13.6. The van der Waals surface area contributed by atoms with Crippen molar-refractivity contribution in [2.24, 2.45) is 0 Å². The van der Waals surface area contributed by atoms with E-state index in [1.54, 1.807) is 42.5 Å². The van der Waals surface area contributed by atoms with Crippen LogP contribution in [-0.4, -0.2) is 5.78 Å². The Morgan fingerprint density at radius 3 is 2.05 bits per heavy atom. The number of carbonyl (C=O) groups excluding carboxylic acids is 1. The summed E-state index contributed by atoms with van der Waals surface area (Å²) in [6, 6.07) is 18.5. The van der Waals surface area contributed by atoms with Crippen LogP contribution in [0.1, 0.15) is 15.9 Å². The Labute approximate surface area is 126 Å². The van der Waals surface area contributed by atoms with Crippen LogP contribution in [0.15, 0.2) is 72.8 Å². The maximum absolute atomic E-state index is 13.6. The van der Waals surface area contributed by atoms with Gasteiger partial charge in [0.2, 0.25) is 0 Å². The van der Waals surface area contributed by atoms with Crippen LogP contribution in [0.5, 0.6) is 0 Å². The molecule has 0 atom stereocenters. The molecule has 0 fully saturated rings. The van der Waals surface area contributed by atoms with E-state index < -0.39 is 5.82 Å². The molecule has 0 N–H and O–H groups in total. The van der Waals surface area contributed by atoms with Crippen LogP contribution in [0, 0.1) is 11.6 Å². The van der Waals surface area contributed by atoms with E-state index in [1.807, 2.05) is 6.07 Å². The summed E-state index contributed by atoms with van der Waals surface area (Å²) < 4.78 is 26.7. The predicted octanol–water partition coefficient (Wildman–Crippen LogP) is 4.86. The van der Waals surface area contributed by atoms with Crippen LogP contribution in [0.3, 0.4) is 0 Å². The van der Waals surface area contributed by atoms with E-state index in [4.69, 9.17) is 0 Å². The van der Waals surface area contributed by atoms with Crippen LogP contribution in [0.2, 0.25) is 0 Å². The molecular weight excluding hydrogens is 282 g/mol. The number of benzene rings is 3. The molecule has 3 aromatic carbocycles. The van der Waals surface area contributed by atoms with Crippen molar-refractivity contribution in [1.82, 2.24) is 0 Å². The highest BCUT2D eigenvalue weighted by molar-refractivity contribution is 6.12. The minimum atomic E-state index is -0.481. The largest absolute Gasteiger partial charge is 0.289 e. The second-order valence-corrected chi connectivity index (χ2v) is 4.89. The molecule has 3 aromatic rings. The third-order valence-electron chi connectivity index (χ3n) is 3.42. The summed E-state index contributed by atoms with van der Waals surface area (Å²) in [6.45, 7) is 0. The zero-order valence-electron chi connectivity index (χ0n) is 11.6. The van der Waals surface area contributed by atoms with Crippen LogP contribution in [0.25, 0.3) is 11.1 Å². The fourth-order valence-electron chi connectivity index (χ4n) is 2.33. The summed E-state index contributed by atoms with van der Waals surface area (Å²) in [4.78, 5) is 12.6. The molecule has 0 saturated carbocycles. The molecule has 0 aliphatic carbocycles. The van der Waals surface area contributed by atoms with E-state index in [0.717, 1.165) is 0 Å². The molecule has 0 bridgehead atoms. The molecule has 0 radical (unpaired) electrons. The van der Waals surface area contributed by atoms with E-state index in [0.29, 0.717) is 16.7 Å². The van der Waals surface area contributed by atoms with Gasteiger partial charge < -0.3 is 0 Å². The lowest BCUT2D eigenvalue weighted by atomic mass is 9.94. The first-order valence-corrected chi connectivity index (χ1v) is 6.80. The summed E-state index contributed by atoms with van der Waals surface area (Å²) in [5.41, 5.74) is 1.99. The number of hydrogen-bond donors (Lipinski definition) is 0. The predicted molar refractivity (Wildman–Crippen MR) is 81.7 cm³/mol. The third kappa shape index (κ3) is 2.79. The van der Waals surface area contributed by atoms with Gasteiger partial charge in [0, 0.05) is 11.1 Å². The van der Waals surface area contributed by atoms with Crippen molar-refractivity contribution in [3.63, 3.8) is 0 Å². The molecule has 0 spiro atoms. The van der Waals surface area contributed by atoms with Crippen molar-refractivity contribution in [2.45, 2.75) is 0 Å². The zero-order chi connectivity index (χ0) is 15.5. The SMILES string of the molecule is O=C(c1ccccc1)c1cc(F)ccc1-c1ccc(F)cc1. The highest BCUT2D eigenvalue weighted by Gasteiger charge is 2.15. The first-order chi connectivity index (χ1) is 10.6. The first-order valence-electron chi connectivity index (χ1n) is 6.80. The summed E-state index contributed by atoms with van der Waals surface area (Å²) in [7, 11) is 0. The van der Waals surface area contributed by atoms with E-state index in [1.165, 1.54) is 24.3 Å². The summed E-state index contributed by atoms with van der Waals surface area (Å²) in [5.74, 6) is -1.11. The van der Waals surface area contributed by atoms with Gasteiger partial charge in [-0.05, 0) is 35.4 Å². The lowest BCUT2D eigenvalue weighted by Crippen LogP contribution is -2.04. The topological polar surface area (TPSA) is 17.1 Å². The van der Waals surface area contributed by atoms with Gasteiger partial charge in [-0.2, -0.15) is 0 Å². The Balaban J connectivity index is 2.13. The van der Waals surface area contributed by atoms with Gasteiger partial charge in [0.1, 0.15) is 11.6 Å². The minimum Gasteiger partial charge on any atom is -0.289 e. The molecule has 0 amide bonds. The molecule has 0 heterocycles. The fraction of sp³-hybridized carbons (Fsp3) is 0. The quantitative estimate of drug-likeness (QED) is 0.630. The van der Waals surface area contributed by atoms with E-state index in [2.05, 4.69) is 0 Å². The monoisotopic (exact) mass is 294 g/mol. The lowest BCUT2D eigenvalue weighted by Gasteiger charge is -2.09. The molecule has 108 valence electrons. The second-order valence-electron chi connectivity index (χ2n) is 4.89. The van der Waals surface area contributed by atoms with Gasteiger partial charge >= 0.3 is 0 Å². The minimum absolute atomic E-state index is 0.262. The van der Waals surface area contributed by atoms with Gasteiger partial charge in [-0.25, -0.2) is 8.78 Å². The van der Waals surface area contributed by atoms with Crippen molar-refractivity contribution in [3.05, 3.63) is 95.6 Å². The van der Waals surface area contributed by atoms with Gasteiger partial charge in [-0.1, -0.05) is 48.5 Å². The average molecular weight is 294 g/mol. The number of carbonyl (C=O) groups is 1. The highest BCUT2D eigenvalue weighted by atomic mass is 19.1. The van der Waals surface area contributed by atoms with Gasteiger partial charge in [0.05, 0.1) is 0 Å². The molecule has 3 rings (SSSR count). The Morgan fingerprint density at radius 2 is 1.36 bits per heavy atom. The molecular formula is C19H12F2O. The molecule has 1 nitrogen and oxygen atoms in total. The average Bonchev–Trinajstić information content (AvgIpc) is 2.56. The number of ketones is 1. The van der Waals surface area contributed by atoms with Gasteiger partial charge in [-0.15, -0.1) is 0 Å². The Bertz CT molecular complexity index is 809. The second kappa shape index (κ2) is 5.90. The van der Waals surface area contributed by atoms with E-state index in [-0.39, 0.29) is 17.2 Å². The van der Waals surface area contributed by atoms with Crippen LogP contribution >= 0.6 is 0 Å². The molecule has 3 heteroatoms. The van der Waals surface area contributed by atoms with Crippen LogP contribution in [0.4, 0.5) is 8.78 Å². The smallest absolute Gasteiger partial charge is 0.193 e. The standard InChI is InChI=1S/C19H12F2O/c20-15-8-6-13(7-9-15)17-11-10-16(21)12-18(17)19(22)14-4-2-1-3-5-14/h1-12H. The Hall–Kier alpha value is -2.81. The summed E-state index contributed by atoms with van der Waals surface area (Å²) in [6.07, 6.45) is 0. The molecule has 0 unspecified atom stereocenters. The first kappa shape index (κ1) is 14.1. The van der Waals surface area contributed by atoms with Crippen molar-refractivity contribution in [1.29, 1.82) is 0 Å². The number of rotatable bonds is 3. The van der Waals surface area contributed by atoms with Gasteiger partial charge in [0.25, 0.3) is 0 Å². The van der Waals surface area contributed by atoms with Crippen molar-refractivity contribution in [2.75, 3.05) is 0 Å². The van der Waals surface area contributed by atoms with Crippen molar-refractivity contribution < 1.29 is 13.6 Å².